The summed E-state index contributed by atoms with van der Waals surface area (Å²) in [7, 11) is 0. The Kier molecular flexibility index (Phi) is 6.12. The highest BCUT2D eigenvalue weighted by molar-refractivity contribution is 8.26. The molecular formula is C20H16N2O3S2. The SMILES string of the molecule is CCOc1cc(/C=C2/SC(=S)NC2=O)ccc1OCc1ccccc1C#N. The van der Waals surface area contributed by atoms with Crippen LogP contribution in [0.3, 0.4) is 0 Å². The first-order valence-corrected chi connectivity index (χ1v) is 9.45. The Hall–Kier alpha value is -2.82. The Balaban J connectivity index is 1.82. The van der Waals surface area contributed by atoms with Gasteiger partial charge < -0.3 is 14.8 Å². The second-order valence-corrected chi connectivity index (χ2v) is 7.27. The lowest BCUT2D eigenvalue weighted by molar-refractivity contribution is -0.115. The van der Waals surface area contributed by atoms with Gasteiger partial charge in [0.2, 0.25) is 0 Å². The molecule has 0 aromatic heterocycles. The van der Waals surface area contributed by atoms with E-state index in [1.807, 2.05) is 37.3 Å². The van der Waals surface area contributed by atoms with Crippen molar-refractivity contribution >= 4 is 40.3 Å². The number of thiocarbonyl (C=S) groups is 1. The molecule has 1 amide bonds. The van der Waals surface area contributed by atoms with E-state index in [0.717, 1.165) is 11.1 Å². The van der Waals surface area contributed by atoms with E-state index in [-0.39, 0.29) is 12.5 Å². The smallest absolute Gasteiger partial charge is 0.263 e. The first-order valence-electron chi connectivity index (χ1n) is 8.23. The number of carbonyl (C=O) groups is 1. The molecule has 1 N–H and O–H groups in total. The van der Waals surface area contributed by atoms with E-state index < -0.39 is 0 Å². The number of nitriles is 1. The molecule has 1 aliphatic rings. The summed E-state index contributed by atoms with van der Waals surface area (Å²) in [4.78, 5) is 12.4. The van der Waals surface area contributed by atoms with Crippen molar-refractivity contribution in [2.24, 2.45) is 0 Å². The van der Waals surface area contributed by atoms with Crippen molar-refractivity contribution in [3.05, 3.63) is 64.1 Å². The van der Waals surface area contributed by atoms with E-state index in [1.165, 1.54) is 11.8 Å². The van der Waals surface area contributed by atoms with Crippen LogP contribution >= 0.6 is 24.0 Å². The number of nitrogens with one attached hydrogen (secondary N) is 1. The van der Waals surface area contributed by atoms with Crippen molar-refractivity contribution in [1.29, 1.82) is 5.26 Å². The number of benzene rings is 2. The van der Waals surface area contributed by atoms with Gasteiger partial charge in [0.1, 0.15) is 10.9 Å². The Morgan fingerprint density at radius 3 is 2.74 bits per heavy atom. The van der Waals surface area contributed by atoms with Crippen LogP contribution < -0.4 is 14.8 Å². The van der Waals surface area contributed by atoms with Crippen LogP contribution in [0, 0.1) is 11.3 Å². The Morgan fingerprint density at radius 2 is 2.04 bits per heavy atom. The van der Waals surface area contributed by atoms with Gasteiger partial charge in [0, 0.05) is 5.56 Å². The van der Waals surface area contributed by atoms with Crippen LogP contribution in [0.1, 0.15) is 23.6 Å². The Bertz CT molecular complexity index is 964. The van der Waals surface area contributed by atoms with Gasteiger partial charge in [0.05, 0.1) is 23.1 Å². The quantitative estimate of drug-likeness (QED) is 0.587. The predicted molar refractivity (Wildman–Crippen MR) is 109 cm³/mol. The number of thioether (sulfide) groups is 1. The van der Waals surface area contributed by atoms with Crippen molar-refractivity contribution in [3.63, 3.8) is 0 Å². The average Bonchev–Trinajstić information content (AvgIpc) is 2.98. The maximum absolute atomic E-state index is 11.8. The summed E-state index contributed by atoms with van der Waals surface area (Å²) in [5, 5.41) is 11.8. The van der Waals surface area contributed by atoms with Crippen molar-refractivity contribution in [2.45, 2.75) is 13.5 Å². The van der Waals surface area contributed by atoms with E-state index in [4.69, 9.17) is 21.7 Å². The molecule has 2 aromatic carbocycles. The van der Waals surface area contributed by atoms with Gasteiger partial charge in [0.15, 0.2) is 11.5 Å². The Morgan fingerprint density at radius 1 is 1.22 bits per heavy atom. The summed E-state index contributed by atoms with van der Waals surface area (Å²) in [5.74, 6) is 0.953. The van der Waals surface area contributed by atoms with Gasteiger partial charge in [-0.3, -0.25) is 4.79 Å². The van der Waals surface area contributed by atoms with Crippen molar-refractivity contribution in [1.82, 2.24) is 5.32 Å². The van der Waals surface area contributed by atoms with E-state index in [1.54, 1.807) is 18.2 Å². The van der Waals surface area contributed by atoms with Crippen LogP contribution in [0.15, 0.2) is 47.4 Å². The van der Waals surface area contributed by atoms with Crippen LogP contribution in [0.4, 0.5) is 0 Å². The number of nitrogens with zero attached hydrogens (tertiary/aromatic N) is 1. The topological polar surface area (TPSA) is 71.3 Å². The van der Waals surface area contributed by atoms with Crippen LogP contribution in [0.5, 0.6) is 11.5 Å². The minimum atomic E-state index is -0.198. The fraction of sp³-hybridized carbons (Fsp3) is 0.150. The van der Waals surface area contributed by atoms with Crippen molar-refractivity contribution < 1.29 is 14.3 Å². The van der Waals surface area contributed by atoms with Crippen LogP contribution in [-0.4, -0.2) is 16.8 Å². The van der Waals surface area contributed by atoms with E-state index in [9.17, 15) is 10.1 Å². The maximum atomic E-state index is 11.8. The zero-order valence-electron chi connectivity index (χ0n) is 14.5. The number of ether oxygens (including phenoxy) is 2. The predicted octanol–water partition coefficient (Wildman–Crippen LogP) is 4.02. The highest BCUT2D eigenvalue weighted by atomic mass is 32.2. The van der Waals surface area contributed by atoms with E-state index in [2.05, 4.69) is 11.4 Å². The third-order valence-corrected chi connectivity index (χ3v) is 4.89. The summed E-state index contributed by atoms with van der Waals surface area (Å²) in [6.07, 6.45) is 1.76. The number of amides is 1. The fourth-order valence-electron chi connectivity index (χ4n) is 2.49. The normalized spacial score (nSPS) is 14.7. The minimum Gasteiger partial charge on any atom is -0.490 e. The third kappa shape index (κ3) is 4.67. The third-order valence-electron chi connectivity index (χ3n) is 3.73. The molecule has 0 aliphatic carbocycles. The molecule has 7 heteroatoms. The van der Waals surface area contributed by atoms with Gasteiger partial charge in [-0.25, -0.2) is 0 Å². The molecule has 1 fully saturated rings. The van der Waals surface area contributed by atoms with Gasteiger partial charge >= 0.3 is 0 Å². The molecule has 3 rings (SSSR count). The number of carbonyl (C=O) groups excluding carboxylic acids is 1. The molecule has 2 aromatic rings. The first kappa shape index (κ1) is 19.0. The molecular weight excluding hydrogens is 380 g/mol. The number of rotatable bonds is 6. The molecule has 5 nitrogen and oxygen atoms in total. The molecule has 0 atom stereocenters. The zero-order valence-corrected chi connectivity index (χ0v) is 16.2. The molecule has 1 heterocycles. The van der Waals surface area contributed by atoms with Crippen LogP contribution in [-0.2, 0) is 11.4 Å². The molecule has 136 valence electrons. The monoisotopic (exact) mass is 396 g/mol. The molecule has 1 aliphatic heterocycles. The largest absolute Gasteiger partial charge is 0.490 e. The van der Waals surface area contributed by atoms with Gasteiger partial charge in [-0.1, -0.05) is 48.2 Å². The second-order valence-electron chi connectivity index (χ2n) is 5.55. The molecule has 1 saturated heterocycles. The number of hydrogen-bond donors (Lipinski definition) is 1. The van der Waals surface area contributed by atoms with Crippen molar-refractivity contribution in [3.8, 4) is 17.6 Å². The summed E-state index contributed by atoms with van der Waals surface area (Å²) in [6.45, 7) is 2.62. The first-order chi connectivity index (χ1) is 13.1. The van der Waals surface area contributed by atoms with Gasteiger partial charge in [-0.2, -0.15) is 5.26 Å². The summed E-state index contributed by atoms with van der Waals surface area (Å²) < 4.78 is 12.0. The van der Waals surface area contributed by atoms with E-state index in [0.29, 0.717) is 32.9 Å². The molecule has 0 radical (unpaired) electrons. The lowest BCUT2D eigenvalue weighted by Gasteiger charge is -2.13. The maximum Gasteiger partial charge on any atom is 0.263 e. The molecule has 0 bridgehead atoms. The summed E-state index contributed by atoms with van der Waals surface area (Å²) in [6, 6.07) is 14.9. The van der Waals surface area contributed by atoms with Gasteiger partial charge in [0.25, 0.3) is 5.91 Å². The highest BCUT2D eigenvalue weighted by Gasteiger charge is 2.22. The second kappa shape index (κ2) is 8.71. The molecule has 0 spiro atoms. The van der Waals surface area contributed by atoms with Crippen molar-refractivity contribution in [2.75, 3.05) is 6.61 Å². The number of hydrogen-bond acceptors (Lipinski definition) is 6. The molecule has 0 saturated carbocycles. The summed E-state index contributed by atoms with van der Waals surface area (Å²) >= 11 is 6.23. The standard InChI is InChI=1S/C20H16N2O3S2/c1-2-24-17-9-13(10-18-19(23)22-20(26)27-18)7-8-16(17)25-12-15-6-4-3-5-14(15)11-21/h3-10H,2,12H2,1H3,(H,22,23,26)/b18-10+. The zero-order chi connectivity index (χ0) is 19.2. The van der Waals surface area contributed by atoms with Crippen LogP contribution in [0.25, 0.3) is 6.08 Å². The lowest BCUT2D eigenvalue weighted by Crippen LogP contribution is -2.17. The summed E-state index contributed by atoms with van der Waals surface area (Å²) in [5.41, 5.74) is 2.20. The fourth-order valence-corrected chi connectivity index (χ4v) is 3.53. The average molecular weight is 396 g/mol. The molecule has 0 unspecified atom stereocenters. The lowest BCUT2D eigenvalue weighted by atomic mass is 10.1. The van der Waals surface area contributed by atoms with Gasteiger partial charge in [-0.05, 0) is 36.8 Å². The van der Waals surface area contributed by atoms with Crippen LogP contribution in [0.2, 0.25) is 0 Å². The minimum absolute atomic E-state index is 0.198. The Labute approximate surface area is 167 Å². The van der Waals surface area contributed by atoms with Gasteiger partial charge in [-0.15, -0.1) is 0 Å². The highest BCUT2D eigenvalue weighted by Crippen LogP contribution is 2.32. The molecule has 27 heavy (non-hydrogen) atoms. The van der Waals surface area contributed by atoms with E-state index >= 15 is 0 Å².